The van der Waals surface area contributed by atoms with Crippen LogP contribution in [0.3, 0.4) is 0 Å². The molecule has 3 heterocycles. The monoisotopic (exact) mass is 484 g/mol. The van der Waals surface area contributed by atoms with E-state index in [2.05, 4.69) is 20.6 Å². The van der Waals surface area contributed by atoms with Crippen molar-refractivity contribution in [2.24, 2.45) is 0 Å². The molecule has 0 spiro atoms. The molecule has 180 valence electrons. The van der Waals surface area contributed by atoms with Gasteiger partial charge in [0.25, 0.3) is 5.91 Å². The number of carbonyl (C=O) groups is 1. The molecule has 1 aromatic carbocycles. The van der Waals surface area contributed by atoms with Crippen LogP contribution in [-0.4, -0.2) is 45.0 Å². The molecule has 4 rings (SSSR count). The number of benzene rings is 1. The van der Waals surface area contributed by atoms with Gasteiger partial charge in [0.15, 0.2) is 5.69 Å². The minimum absolute atomic E-state index is 0.135. The first-order valence-corrected chi connectivity index (χ1v) is 10.2. The van der Waals surface area contributed by atoms with Crippen molar-refractivity contribution in [3.63, 3.8) is 0 Å². The lowest BCUT2D eigenvalue weighted by Crippen LogP contribution is -2.45. The van der Waals surface area contributed by atoms with Crippen LogP contribution in [0.4, 0.5) is 32.2 Å². The molecule has 0 unspecified atom stereocenters. The number of anilines is 1. The lowest BCUT2D eigenvalue weighted by molar-refractivity contribution is -0.138. The lowest BCUT2D eigenvalue weighted by atomic mass is 10.0. The molecule has 0 atom stereocenters. The maximum atomic E-state index is 13.2. The summed E-state index contributed by atoms with van der Waals surface area (Å²) in [4.78, 5) is 18.2. The number of amides is 1. The highest BCUT2D eigenvalue weighted by Gasteiger charge is 2.34. The molecule has 2 aromatic heterocycles. The summed E-state index contributed by atoms with van der Waals surface area (Å²) in [6.07, 6.45) is -6.15. The van der Waals surface area contributed by atoms with E-state index < -0.39 is 29.4 Å². The van der Waals surface area contributed by atoms with E-state index in [0.717, 1.165) is 29.2 Å². The number of pyridine rings is 1. The quantitative estimate of drug-likeness (QED) is 0.565. The molecular formula is C21H18F6N6O. The van der Waals surface area contributed by atoms with Crippen molar-refractivity contribution >= 4 is 11.7 Å². The van der Waals surface area contributed by atoms with Crippen LogP contribution in [0.1, 0.15) is 34.5 Å². The number of para-hydroxylation sites is 1. The standard InChI is InChI=1S/C21H18F6N6O/c22-20(23,24)13-5-6-18(28-11-13)32-9-7-14(8-10-32)29-19(34)16-12-33(31-30-16)17-4-2-1-3-15(17)21(25,26)27/h1-6,11-12,14H,7-10H2,(H,29,34). The first kappa shape index (κ1) is 23.5. The molecule has 3 aromatic rings. The summed E-state index contributed by atoms with van der Waals surface area (Å²) in [6, 6.07) is 6.84. The van der Waals surface area contributed by atoms with Gasteiger partial charge in [-0.3, -0.25) is 4.79 Å². The zero-order valence-electron chi connectivity index (χ0n) is 17.4. The van der Waals surface area contributed by atoms with E-state index >= 15 is 0 Å². The summed E-state index contributed by atoms with van der Waals surface area (Å²) in [6.45, 7) is 0.907. The highest BCUT2D eigenvalue weighted by molar-refractivity contribution is 5.92. The molecule has 1 fully saturated rings. The second kappa shape index (κ2) is 8.95. The first-order chi connectivity index (χ1) is 16.0. The van der Waals surface area contributed by atoms with Gasteiger partial charge in [-0.1, -0.05) is 17.3 Å². The van der Waals surface area contributed by atoms with Crippen molar-refractivity contribution in [1.82, 2.24) is 25.3 Å². The number of halogens is 6. The minimum Gasteiger partial charge on any atom is -0.356 e. The van der Waals surface area contributed by atoms with Crippen LogP contribution < -0.4 is 10.2 Å². The van der Waals surface area contributed by atoms with E-state index in [1.807, 2.05) is 4.90 Å². The second-order valence-electron chi connectivity index (χ2n) is 7.70. The number of hydrogen-bond acceptors (Lipinski definition) is 5. The Morgan fingerprint density at radius 1 is 0.971 bits per heavy atom. The van der Waals surface area contributed by atoms with Gasteiger partial charge in [0.2, 0.25) is 0 Å². The van der Waals surface area contributed by atoms with E-state index in [0.29, 0.717) is 31.7 Å². The molecule has 0 bridgehead atoms. The van der Waals surface area contributed by atoms with Gasteiger partial charge in [0.05, 0.1) is 23.0 Å². The number of nitrogens with zero attached hydrogens (tertiary/aromatic N) is 5. The van der Waals surface area contributed by atoms with Crippen LogP contribution in [0.15, 0.2) is 48.8 Å². The normalized spacial score (nSPS) is 15.4. The lowest BCUT2D eigenvalue weighted by Gasteiger charge is -2.33. The molecule has 0 saturated carbocycles. The van der Waals surface area contributed by atoms with E-state index in [1.165, 1.54) is 24.3 Å². The third kappa shape index (κ3) is 5.13. The van der Waals surface area contributed by atoms with E-state index in [1.54, 1.807) is 0 Å². The van der Waals surface area contributed by atoms with Gasteiger partial charge in [0, 0.05) is 25.3 Å². The second-order valence-corrected chi connectivity index (χ2v) is 7.70. The van der Waals surface area contributed by atoms with E-state index in [-0.39, 0.29) is 17.4 Å². The van der Waals surface area contributed by atoms with Crippen LogP contribution >= 0.6 is 0 Å². The van der Waals surface area contributed by atoms with Crippen molar-refractivity contribution in [1.29, 1.82) is 0 Å². The number of piperidine rings is 1. The Labute approximate surface area is 189 Å². The van der Waals surface area contributed by atoms with Crippen molar-refractivity contribution in [2.45, 2.75) is 31.2 Å². The number of aromatic nitrogens is 4. The number of hydrogen-bond donors (Lipinski definition) is 1. The number of nitrogens with one attached hydrogen (secondary N) is 1. The van der Waals surface area contributed by atoms with E-state index in [9.17, 15) is 31.1 Å². The molecule has 7 nitrogen and oxygen atoms in total. The molecule has 1 aliphatic rings. The van der Waals surface area contributed by atoms with Crippen molar-refractivity contribution < 1.29 is 31.1 Å². The van der Waals surface area contributed by atoms with Gasteiger partial charge >= 0.3 is 12.4 Å². The Morgan fingerprint density at radius 2 is 1.68 bits per heavy atom. The van der Waals surface area contributed by atoms with Crippen LogP contribution in [0.2, 0.25) is 0 Å². The van der Waals surface area contributed by atoms with Gasteiger partial charge in [-0.05, 0) is 37.1 Å². The third-order valence-electron chi connectivity index (χ3n) is 5.41. The SMILES string of the molecule is O=C(NC1CCN(c2ccc(C(F)(F)F)cn2)CC1)c1cn(-c2ccccc2C(F)(F)F)nn1. The third-order valence-corrected chi connectivity index (χ3v) is 5.41. The zero-order chi connectivity index (χ0) is 24.5. The maximum Gasteiger partial charge on any atom is 0.418 e. The summed E-state index contributed by atoms with van der Waals surface area (Å²) in [5.41, 5.74) is -2.12. The van der Waals surface area contributed by atoms with Crippen molar-refractivity contribution in [3.8, 4) is 5.69 Å². The van der Waals surface area contributed by atoms with Gasteiger partial charge in [-0.15, -0.1) is 5.10 Å². The highest BCUT2D eigenvalue weighted by Crippen LogP contribution is 2.33. The Morgan fingerprint density at radius 3 is 2.29 bits per heavy atom. The molecule has 1 aliphatic heterocycles. The molecule has 1 saturated heterocycles. The van der Waals surface area contributed by atoms with Crippen LogP contribution in [0.25, 0.3) is 5.69 Å². The van der Waals surface area contributed by atoms with Crippen LogP contribution in [0, 0.1) is 0 Å². The topological polar surface area (TPSA) is 75.9 Å². The van der Waals surface area contributed by atoms with Gasteiger partial charge < -0.3 is 10.2 Å². The molecule has 1 N–H and O–H groups in total. The summed E-state index contributed by atoms with van der Waals surface area (Å²) in [5, 5.41) is 10.1. The number of carbonyl (C=O) groups excluding carboxylic acids is 1. The Kier molecular flexibility index (Phi) is 6.19. The summed E-state index contributed by atoms with van der Waals surface area (Å²) < 4.78 is 78.7. The fraction of sp³-hybridized carbons (Fsp3) is 0.333. The fourth-order valence-electron chi connectivity index (χ4n) is 3.65. The van der Waals surface area contributed by atoms with Crippen LogP contribution in [0.5, 0.6) is 0 Å². The van der Waals surface area contributed by atoms with E-state index in [4.69, 9.17) is 0 Å². The fourth-order valence-corrected chi connectivity index (χ4v) is 3.65. The van der Waals surface area contributed by atoms with Gasteiger partial charge in [0.1, 0.15) is 5.82 Å². The van der Waals surface area contributed by atoms with Crippen LogP contribution in [-0.2, 0) is 12.4 Å². The Hall–Kier alpha value is -3.64. The number of rotatable bonds is 4. The van der Waals surface area contributed by atoms with Crippen molar-refractivity contribution in [3.05, 3.63) is 65.6 Å². The smallest absolute Gasteiger partial charge is 0.356 e. The Balaban J connectivity index is 1.36. The average Bonchev–Trinajstić information content (AvgIpc) is 3.29. The van der Waals surface area contributed by atoms with Gasteiger partial charge in [-0.2, -0.15) is 26.3 Å². The van der Waals surface area contributed by atoms with Gasteiger partial charge in [-0.25, -0.2) is 9.67 Å². The molecule has 0 radical (unpaired) electrons. The summed E-state index contributed by atoms with van der Waals surface area (Å²) in [7, 11) is 0. The highest BCUT2D eigenvalue weighted by atomic mass is 19.4. The molecule has 0 aliphatic carbocycles. The first-order valence-electron chi connectivity index (χ1n) is 10.2. The Bertz CT molecular complexity index is 1150. The molecule has 1 amide bonds. The summed E-state index contributed by atoms with van der Waals surface area (Å²) >= 11 is 0. The molecular weight excluding hydrogens is 466 g/mol. The molecule has 13 heteroatoms. The predicted molar refractivity (Wildman–Crippen MR) is 108 cm³/mol. The average molecular weight is 484 g/mol. The zero-order valence-corrected chi connectivity index (χ0v) is 17.4. The minimum atomic E-state index is -4.60. The largest absolute Gasteiger partial charge is 0.418 e. The predicted octanol–water partition coefficient (Wildman–Crippen LogP) is 4.10. The maximum absolute atomic E-state index is 13.2. The number of alkyl halides is 6. The summed E-state index contributed by atoms with van der Waals surface area (Å²) in [5.74, 6) is -0.175. The molecule has 34 heavy (non-hydrogen) atoms. The van der Waals surface area contributed by atoms with Crippen molar-refractivity contribution in [2.75, 3.05) is 18.0 Å².